The molecule has 1 aromatic heterocycles. The molecule has 0 spiro atoms. The fourth-order valence-corrected chi connectivity index (χ4v) is 1.48. The molecule has 0 bridgehead atoms. The number of hydrogen-bond acceptors (Lipinski definition) is 2. The fraction of sp³-hybridized carbons (Fsp3) is 0.167. The van der Waals surface area contributed by atoms with E-state index in [4.69, 9.17) is 4.42 Å². The lowest BCUT2D eigenvalue weighted by Gasteiger charge is -1.99. The number of hydrogen-bond donors (Lipinski definition) is 1. The molecular formula is C12H11F2NO. The Labute approximate surface area is 91.9 Å². The lowest BCUT2D eigenvalue weighted by Crippen LogP contribution is -2.03. The number of benzene rings is 1. The summed E-state index contributed by atoms with van der Waals surface area (Å²) in [4.78, 5) is 0. The van der Waals surface area contributed by atoms with Crippen molar-refractivity contribution in [3.05, 3.63) is 47.7 Å². The Morgan fingerprint density at radius 2 is 2.00 bits per heavy atom. The summed E-state index contributed by atoms with van der Waals surface area (Å²) in [7, 11) is 1.79. The Kier molecular flexibility index (Phi) is 3.01. The molecule has 2 rings (SSSR count). The predicted octanol–water partition coefficient (Wildman–Crippen LogP) is 2.94. The summed E-state index contributed by atoms with van der Waals surface area (Å²) in [5.41, 5.74) is 0.267. The first-order valence-corrected chi connectivity index (χ1v) is 4.89. The summed E-state index contributed by atoms with van der Waals surface area (Å²) in [6.45, 7) is 0.572. The molecule has 0 amide bonds. The third-order valence-corrected chi connectivity index (χ3v) is 2.21. The van der Waals surface area contributed by atoms with E-state index in [1.165, 1.54) is 12.1 Å². The highest BCUT2D eigenvalue weighted by Crippen LogP contribution is 2.25. The van der Waals surface area contributed by atoms with Gasteiger partial charge in [-0.1, -0.05) is 0 Å². The molecule has 0 aliphatic heterocycles. The molecular weight excluding hydrogens is 212 g/mol. The number of nitrogens with one attached hydrogen (secondary N) is 1. The first kappa shape index (κ1) is 10.8. The van der Waals surface area contributed by atoms with E-state index in [9.17, 15) is 8.78 Å². The van der Waals surface area contributed by atoms with Gasteiger partial charge in [0.05, 0.1) is 12.1 Å². The third-order valence-electron chi connectivity index (χ3n) is 2.21. The van der Waals surface area contributed by atoms with Gasteiger partial charge in [-0.25, -0.2) is 8.78 Å². The highest BCUT2D eigenvalue weighted by Gasteiger charge is 2.10. The topological polar surface area (TPSA) is 25.2 Å². The van der Waals surface area contributed by atoms with E-state index in [-0.39, 0.29) is 5.56 Å². The van der Waals surface area contributed by atoms with Crippen LogP contribution in [0.5, 0.6) is 0 Å². The molecule has 0 saturated carbocycles. The average Bonchev–Trinajstić information content (AvgIpc) is 2.67. The van der Waals surface area contributed by atoms with Gasteiger partial charge < -0.3 is 9.73 Å². The van der Waals surface area contributed by atoms with E-state index in [0.717, 1.165) is 6.07 Å². The Morgan fingerprint density at radius 3 is 2.69 bits per heavy atom. The molecule has 0 radical (unpaired) electrons. The van der Waals surface area contributed by atoms with Crippen LogP contribution in [0.4, 0.5) is 8.78 Å². The minimum Gasteiger partial charge on any atom is -0.460 e. The zero-order chi connectivity index (χ0) is 11.5. The highest BCUT2D eigenvalue weighted by molar-refractivity contribution is 5.58. The van der Waals surface area contributed by atoms with E-state index in [2.05, 4.69) is 5.32 Å². The van der Waals surface area contributed by atoms with Crippen molar-refractivity contribution in [3.63, 3.8) is 0 Å². The van der Waals surface area contributed by atoms with Crippen molar-refractivity contribution in [1.82, 2.24) is 5.32 Å². The van der Waals surface area contributed by atoms with Crippen LogP contribution in [-0.2, 0) is 6.54 Å². The third kappa shape index (κ3) is 2.12. The van der Waals surface area contributed by atoms with Gasteiger partial charge in [0.1, 0.15) is 23.2 Å². The van der Waals surface area contributed by atoms with Crippen LogP contribution in [0.25, 0.3) is 11.3 Å². The zero-order valence-corrected chi connectivity index (χ0v) is 8.76. The number of rotatable bonds is 3. The summed E-state index contributed by atoms with van der Waals surface area (Å²) < 4.78 is 31.5. The van der Waals surface area contributed by atoms with Gasteiger partial charge in [0.25, 0.3) is 0 Å². The van der Waals surface area contributed by atoms with Crippen molar-refractivity contribution in [1.29, 1.82) is 0 Å². The van der Waals surface area contributed by atoms with Crippen molar-refractivity contribution >= 4 is 0 Å². The average molecular weight is 223 g/mol. The van der Waals surface area contributed by atoms with Crippen LogP contribution in [0, 0.1) is 11.6 Å². The van der Waals surface area contributed by atoms with Crippen LogP contribution in [0.15, 0.2) is 34.7 Å². The highest BCUT2D eigenvalue weighted by atomic mass is 19.1. The van der Waals surface area contributed by atoms with E-state index < -0.39 is 11.6 Å². The van der Waals surface area contributed by atoms with Crippen LogP contribution in [0.3, 0.4) is 0 Å². The van der Waals surface area contributed by atoms with E-state index in [1.807, 2.05) is 0 Å². The van der Waals surface area contributed by atoms with Crippen LogP contribution in [-0.4, -0.2) is 7.05 Å². The SMILES string of the molecule is CNCc1ccc(-c2ccc(F)cc2F)o1. The molecule has 4 heteroatoms. The molecule has 0 saturated heterocycles. The van der Waals surface area contributed by atoms with E-state index in [1.54, 1.807) is 19.2 Å². The molecule has 0 aliphatic carbocycles. The molecule has 1 heterocycles. The number of halogens is 2. The Bertz CT molecular complexity index is 494. The van der Waals surface area contributed by atoms with Gasteiger partial charge in [-0.05, 0) is 31.3 Å². The summed E-state index contributed by atoms with van der Waals surface area (Å²) in [5, 5.41) is 2.93. The van der Waals surface area contributed by atoms with Crippen molar-refractivity contribution in [3.8, 4) is 11.3 Å². The Morgan fingerprint density at radius 1 is 1.19 bits per heavy atom. The van der Waals surface area contributed by atoms with Gasteiger partial charge in [-0.2, -0.15) is 0 Å². The van der Waals surface area contributed by atoms with Gasteiger partial charge in [0.15, 0.2) is 0 Å². The second-order valence-electron chi connectivity index (χ2n) is 3.42. The monoisotopic (exact) mass is 223 g/mol. The van der Waals surface area contributed by atoms with Gasteiger partial charge in [0, 0.05) is 6.07 Å². The van der Waals surface area contributed by atoms with Crippen molar-refractivity contribution in [2.75, 3.05) is 7.05 Å². The standard InChI is InChI=1S/C12H11F2NO/c1-15-7-9-3-5-12(16-9)10-4-2-8(13)6-11(10)14/h2-6,15H,7H2,1H3. The summed E-state index contributed by atoms with van der Waals surface area (Å²) in [6, 6.07) is 6.85. The maximum atomic E-state index is 13.4. The minimum absolute atomic E-state index is 0.267. The normalized spacial score (nSPS) is 10.7. The maximum Gasteiger partial charge on any atom is 0.137 e. The molecule has 2 aromatic rings. The van der Waals surface area contributed by atoms with Crippen molar-refractivity contribution < 1.29 is 13.2 Å². The van der Waals surface area contributed by atoms with Crippen molar-refractivity contribution in [2.24, 2.45) is 0 Å². The molecule has 16 heavy (non-hydrogen) atoms. The summed E-state index contributed by atoms with van der Waals surface area (Å²) in [5.74, 6) is -0.0995. The summed E-state index contributed by atoms with van der Waals surface area (Å²) >= 11 is 0. The van der Waals surface area contributed by atoms with Crippen LogP contribution in [0.2, 0.25) is 0 Å². The fourth-order valence-electron chi connectivity index (χ4n) is 1.48. The molecule has 2 nitrogen and oxygen atoms in total. The molecule has 0 atom stereocenters. The van der Waals surface area contributed by atoms with Crippen molar-refractivity contribution in [2.45, 2.75) is 6.54 Å². The quantitative estimate of drug-likeness (QED) is 0.865. The largest absolute Gasteiger partial charge is 0.460 e. The molecule has 0 aliphatic rings. The molecule has 0 unspecified atom stereocenters. The predicted molar refractivity (Wildman–Crippen MR) is 56.8 cm³/mol. The Hall–Kier alpha value is -1.68. The molecule has 1 N–H and O–H groups in total. The van der Waals surface area contributed by atoms with Gasteiger partial charge in [-0.15, -0.1) is 0 Å². The van der Waals surface area contributed by atoms with E-state index >= 15 is 0 Å². The molecule has 1 aromatic carbocycles. The first-order valence-electron chi connectivity index (χ1n) is 4.89. The number of furan rings is 1. The maximum absolute atomic E-state index is 13.4. The van der Waals surface area contributed by atoms with Gasteiger partial charge in [0.2, 0.25) is 0 Å². The minimum atomic E-state index is -0.620. The molecule has 84 valence electrons. The summed E-state index contributed by atoms with van der Waals surface area (Å²) in [6.07, 6.45) is 0. The van der Waals surface area contributed by atoms with Crippen LogP contribution < -0.4 is 5.32 Å². The smallest absolute Gasteiger partial charge is 0.137 e. The van der Waals surface area contributed by atoms with Crippen LogP contribution >= 0.6 is 0 Å². The second kappa shape index (κ2) is 4.45. The zero-order valence-electron chi connectivity index (χ0n) is 8.76. The molecule has 0 fully saturated rings. The van der Waals surface area contributed by atoms with Gasteiger partial charge in [-0.3, -0.25) is 0 Å². The lowest BCUT2D eigenvalue weighted by molar-refractivity contribution is 0.502. The van der Waals surface area contributed by atoms with Crippen LogP contribution in [0.1, 0.15) is 5.76 Å². The lowest BCUT2D eigenvalue weighted by atomic mass is 10.1. The van der Waals surface area contributed by atoms with Gasteiger partial charge >= 0.3 is 0 Å². The second-order valence-corrected chi connectivity index (χ2v) is 3.42. The Balaban J connectivity index is 2.35. The first-order chi connectivity index (χ1) is 7.70. The van der Waals surface area contributed by atoms with E-state index in [0.29, 0.717) is 18.1 Å².